The molecule has 0 radical (unpaired) electrons. The fourth-order valence-electron chi connectivity index (χ4n) is 3.68. The third-order valence-electron chi connectivity index (χ3n) is 5.09. The molecule has 0 unspecified atom stereocenters. The Balaban J connectivity index is 2.20. The van der Waals surface area contributed by atoms with E-state index in [9.17, 15) is 9.59 Å². The van der Waals surface area contributed by atoms with E-state index in [1.54, 1.807) is 38.4 Å². The molecule has 9 nitrogen and oxygen atoms in total. The van der Waals surface area contributed by atoms with Crippen molar-refractivity contribution in [1.82, 2.24) is 31.3 Å². The van der Waals surface area contributed by atoms with Crippen LogP contribution < -0.4 is 16.4 Å². The molecule has 2 aromatic carbocycles. The number of carbonyl (C=O) groups is 2. The lowest BCUT2D eigenvalue weighted by Crippen LogP contribution is -2.37. The number of H-pyrrole nitrogens is 1. The molecule has 156 valence electrons. The van der Waals surface area contributed by atoms with E-state index in [1.165, 1.54) is 0 Å². The first kappa shape index (κ1) is 21.1. The zero-order chi connectivity index (χ0) is 21.7. The van der Waals surface area contributed by atoms with Gasteiger partial charge in [0, 0.05) is 31.3 Å². The molecule has 9 heteroatoms. The number of nitrogens with one attached hydrogen (secondary N) is 3. The van der Waals surface area contributed by atoms with Gasteiger partial charge in [0.2, 0.25) is 0 Å². The number of amides is 2. The molecule has 0 saturated carbocycles. The first-order valence-electron chi connectivity index (χ1n) is 9.57. The van der Waals surface area contributed by atoms with Gasteiger partial charge in [-0.05, 0) is 48.7 Å². The molecule has 30 heavy (non-hydrogen) atoms. The van der Waals surface area contributed by atoms with Crippen molar-refractivity contribution < 1.29 is 9.59 Å². The summed E-state index contributed by atoms with van der Waals surface area (Å²) < 4.78 is 0. The molecule has 5 N–H and O–H groups in total. The Hall–Kier alpha value is -3.59. The molecule has 0 spiro atoms. The molecule has 0 aliphatic rings. The SMILES string of the molecule is CNC(=O)c1ccc(C(C[C@@H](C)N)(c2ccc(C(=O)NC)cc2)c2nn[nH]n2)cc1. The molecule has 3 rings (SSSR count). The highest BCUT2D eigenvalue weighted by Gasteiger charge is 2.41. The van der Waals surface area contributed by atoms with Crippen molar-refractivity contribution in [2.75, 3.05) is 14.1 Å². The monoisotopic (exact) mass is 407 g/mol. The number of nitrogens with zero attached hydrogens (tertiary/aromatic N) is 3. The number of aromatic amines is 1. The van der Waals surface area contributed by atoms with Crippen molar-refractivity contribution in [1.29, 1.82) is 0 Å². The number of rotatable bonds is 7. The summed E-state index contributed by atoms with van der Waals surface area (Å²) >= 11 is 0. The van der Waals surface area contributed by atoms with E-state index in [2.05, 4.69) is 31.3 Å². The van der Waals surface area contributed by atoms with Gasteiger partial charge in [-0.1, -0.05) is 29.5 Å². The van der Waals surface area contributed by atoms with Crippen LogP contribution in [0.5, 0.6) is 0 Å². The van der Waals surface area contributed by atoms with Gasteiger partial charge < -0.3 is 16.4 Å². The molecule has 0 aliphatic heterocycles. The summed E-state index contributed by atoms with van der Waals surface area (Å²) in [6.45, 7) is 1.91. The van der Waals surface area contributed by atoms with Crippen LogP contribution in [-0.4, -0.2) is 52.6 Å². The summed E-state index contributed by atoms with van der Waals surface area (Å²) in [6, 6.07) is 14.3. The van der Waals surface area contributed by atoms with Gasteiger partial charge in [0.25, 0.3) is 11.8 Å². The number of hydrogen-bond donors (Lipinski definition) is 4. The van der Waals surface area contributed by atoms with Crippen LogP contribution >= 0.6 is 0 Å². The minimum atomic E-state index is -0.816. The Morgan fingerprint density at radius 3 is 1.77 bits per heavy atom. The maximum Gasteiger partial charge on any atom is 0.251 e. The van der Waals surface area contributed by atoms with Gasteiger partial charge in [0.05, 0.1) is 5.41 Å². The van der Waals surface area contributed by atoms with Crippen molar-refractivity contribution in [2.24, 2.45) is 5.73 Å². The standard InChI is InChI=1S/C21H25N7O2/c1-13(22)12-21(20-25-27-28-26-20,16-8-4-14(5-9-16)18(29)23-2)17-10-6-15(7-11-17)19(30)24-3/h4-11,13H,12,22H2,1-3H3,(H,23,29)(H,24,30)(H,25,26,27,28)/t13-/m1/s1. The quantitative estimate of drug-likeness (QED) is 0.461. The fourth-order valence-corrected chi connectivity index (χ4v) is 3.68. The Morgan fingerprint density at radius 2 is 1.43 bits per heavy atom. The van der Waals surface area contributed by atoms with Crippen LogP contribution in [0.2, 0.25) is 0 Å². The van der Waals surface area contributed by atoms with E-state index in [0.717, 1.165) is 11.1 Å². The third kappa shape index (κ3) is 3.92. The first-order chi connectivity index (χ1) is 14.4. The highest BCUT2D eigenvalue weighted by Crippen LogP contribution is 2.41. The van der Waals surface area contributed by atoms with E-state index in [-0.39, 0.29) is 17.9 Å². The van der Waals surface area contributed by atoms with Gasteiger partial charge in [0.1, 0.15) is 0 Å². The average Bonchev–Trinajstić information content (AvgIpc) is 3.32. The maximum atomic E-state index is 12.0. The van der Waals surface area contributed by atoms with Crippen LogP contribution in [0.1, 0.15) is 51.0 Å². The topological polar surface area (TPSA) is 139 Å². The predicted molar refractivity (Wildman–Crippen MR) is 112 cm³/mol. The van der Waals surface area contributed by atoms with Crippen molar-refractivity contribution in [3.8, 4) is 0 Å². The summed E-state index contributed by atoms with van der Waals surface area (Å²) in [5.74, 6) is 0.114. The van der Waals surface area contributed by atoms with E-state index in [1.807, 2.05) is 31.2 Å². The van der Waals surface area contributed by atoms with Crippen LogP contribution in [0.15, 0.2) is 48.5 Å². The van der Waals surface area contributed by atoms with Crippen molar-refractivity contribution in [2.45, 2.75) is 24.8 Å². The summed E-state index contributed by atoms with van der Waals surface area (Å²) in [5.41, 5.74) is 8.23. The minimum absolute atomic E-state index is 0.172. The van der Waals surface area contributed by atoms with E-state index in [4.69, 9.17) is 5.73 Å². The Bertz CT molecular complexity index is 937. The molecule has 0 saturated heterocycles. The molecule has 1 atom stereocenters. The Morgan fingerprint density at radius 1 is 0.967 bits per heavy atom. The predicted octanol–water partition coefficient (Wildman–Crippen LogP) is 0.991. The number of aromatic nitrogens is 4. The number of hydrogen-bond acceptors (Lipinski definition) is 6. The highest BCUT2D eigenvalue weighted by atomic mass is 16.2. The number of benzene rings is 2. The molecule has 0 bridgehead atoms. The van der Waals surface area contributed by atoms with Gasteiger partial charge in [-0.15, -0.1) is 10.2 Å². The normalized spacial score (nSPS) is 12.3. The number of carbonyl (C=O) groups excluding carboxylic acids is 2. The molecule has 1 heterocycles. The lowest BCUT2D eigenvalue weighted by molar-refractivity contribution is 0.0955. The van der Waals surface area contributed by atoms with Crippen LogP contribution in [0.25, 0.3) is 0 Å². The Labute approximate surface area is 174 Å². The minimum Gasteiger partial charge on any atom is -0.355 e. The smallest absolute Gasteiger partial charge is 0.251 e. The first-order valence-corrected chi connectivity index (χ1v) is 9.57. The lowest BCUT2D eigenvalue weighted by atomic mass is 9.69. The van der Waals surface area contributed by atoms with Gasteiger partial charge in [-0.2, -0.15) is 5.21 Å². The zero-order valence-corrected chi connectivity index (χ0v) is 17.1. The number of tetrazole rings is 1. The molecule has 0 aliphatic carbocycles. The summed E-state index contributed by atoms with van der Waals surface area (Å²) in [5, 5.41) is 20.1. The van der Waals surface area contributed by atoms with Gasteiger partial charge in [0.15, 0.2) is 5.82 Å². The molecule has 0 fully saturated rings. The summed E-state index contributed by atoms with van der Waals surface area (Å²) in [7, 11) is 3.17. The van der Waals surface area contributed by atoms with Gasteiger partial charge >= 0.3 is 0 Å². The third-order valence-corrected chi connectivity index (χ3v) is 5.09. The molecule has 3 aromatic rings. The van der Waals surface area contributed by atoms with Crippen LogP contribution in [0.3, 0.4) is 0 Å². The van der Waals surface area contributed by atoms with E-state index < -0.39 is 5.41 Å². The number of nitrogens with two attached hydrogens (primary N) is 1. The van der Waals surface area contributed by atoms with Crippen LogP contribution in [0.4, 0.5) is 0 Å². The second-order valence-electron chi connectivity index (χ2n) is 7.14. The largest absolute Gasteiger partial charge is 0.355 e. The van der Waals surface area contributed by atoms with Crippen LogP contribution in [-0.2, 0) is 5.41 Å². The molecule has 1 aromatic heterocycles. The van der Waals surface area contributed by atoms with E-state index >= 15 is 0 Å². The molecular formula is C21H25N7O2. The maximum absolute atomic E-state index is 12.0. The van der Waals surface area contributed by atoms with Crippen molar-refractivity contribution in [3.63, 3.8) is 0 Å². The molecular weight excluding hydrogens is 382 g/mol. The van der Waals surface area contributed by atoms with Gasteiger partial charge in [-0.3, -0.25) is 9.59 Å². The second-order valence-corrected chi connectivity index (χ2v) is 7.14. The molecule has 2 amide bonds. The lowest BCUT2D eigenvalue weighted by Gasteiger charge is -2.34. The van der Waals surface area contributed by atoms with Crippen molar-refractivity contribution in [3.05, 3.63) is 76.6 Å². The summed E-state index contributed by atoms with van der Waals surface area (Å²) in [4.78, 5) is 23.9. The second kappa shape index (κ2) is 8.83. The van der Waals surface area contributed by atoms with Crippen molar-refractivity contribution >= 4 is 11.8 Å². The fraction of sp³-hybridized carbons (Fsp3) is 0.286. The highest BCUT2D eigenvalue weighted by molar-refractivity contribution is 5.94. The average molecular weight is 407 g/mol. The van der Waals surface area contributed by atoms with Crippen LogP contribution in [0, 0.1) is 0 Å². The zero-order valence-electron chi connectivity index (χ0n) is 17.1. The van der Waals surface area contributed by atoms with Gasteiger partial charge in [-0.25, -0.2) is 0 Å². The van der Waals surface area contributed by atoms with E-state index in [0.29, 0.717) is 23.4 Å². The summed E-state index contributed by atoms with van der Waals surface area (Å²) in [6.07, 6.45) is 0.491. The Kier molecular flexibility index (Phi) is 6.22.